The van der Waals surface area contributed by atoms with Gasteiger partial charge in [0.05, 0.1) is 10.5 Å². The number of nitrogens with one attached hydrogen (secondary N) is 3. The molecule has 1 fully saturated rings. The van der Waals surface area contributed by atoms with Gasteiger partial charge in [-0.25, -0.2) is 8.42 Å². The molecule has 3 N–H and O–H groups in total. The van der Waals surface area contributed by atoms with Crippen molar-refractivity contribution in [3.63, 3.8) is 0 Å². The molecule has 1 saturated heterocycles. The van der Waals surface area contributed by atoms with Gasteiger partial charge in [0.15, 0.2) is 0 Å². The number of hydrogen-bond acceptors (Lipinski definition) is 5. The number of sulfonamides is 1. The molecule has 1 aliphatic heterocycles. The van der Waals surface area contributed by atoms with E-state index in [1.54, 1.807) is 18.2 Å². The Kier molecular flexibility index (Phi) is 13.9. The van der Waals surface area contributed by atoms with E-state index >= 15 is 0 Å². The normalized spacial score (nSPS) is 14.2. The molecule has 1 heterocycles. The third kappa shape index (κ3) is 11.1. The standard InChI is InChI=1S/C29H32ClF3N4O3S.2ClH/c30-23-8-12-27(13-9-23)41(39,40)36-25-10-6-21(7-11-25)28(38)34-16-1-2-17-37-18-14-24(15-19-37)35-26-5-3-4-22(20-26)29(31,32)33;;/h3-13,20,24,35-36H,1-2,14-19H2,(H,34,38);2*1H. The van der Waals surface area contributed by atoms with Crippen molar-refractivity contribution < 1.29 is 26.4 Å². The van der Waals surface area contributed by atoms with Crippen molar-refractivity contribution in [2.45, 2.75) is 42.8 Å². The summed E-state index contributed by atoms with van der Waals surface area (Å²) in [6.45, 7) is 3.11. The van der Waals surface area contributed by atoms with Gasteiger partial charge in [0.1, 0.15) is 0 Å². The highest BCUT2D eigenvalue weighted by atomic mass is 35.5. The van der Waals surface area contributed by atoms with Gasteiger partial charge in [-0.05, 0) is 99.0 Å². The van der Waals surface area contributed by atoms with E-state index in [4.69, 9.17) is 11.6 Å². The molecule has 0 bridgehead atoms. The van der Waals surface area contributed by atoms with Gasteiger partial charge < -0.3 is 15.5 Å². The zero-order chi connectivity index (χ0) is 29.5. The molecule has 0 aromatic heterocycles. The Morgan fingerprint density at radius 2 is 1.56 bits per heavy atom. The molecule has 0 radical (unpaired) electrons. The fraction of sp³-hybridized carbons (Fsp3) is 0.345. The van der Waals surface area contributed by atoms with E-state index in [2.05, 4.69) is 20.3 Å². The summed E-state index contributed by atoms with van der Waals surface area (Å²) < 4.78 is 66.3. The van der Waals surface area contributed by atoms with Gasteiger partial charge in [-0.15, -0.1) is 24.8 Å². The molecule has 0 atom stereocenters. The smallest absolute Gasteiger partial charge is 0.382 e. The summed E-state index contributed by atoms with van der Waals surface area (Å²) in [7, 11) is -3.77. The number of halogens is 6. The number of alkyl halides is 3. The molecule has 0 saturated carbocycles. The van der Waals surface area contributed by atoms with E-state index in [0.717, 1.165) is 57.5 Å². The molecule has 1 amide bonds. The molecular weight excluding hydrogens is 648 g/mol. The number of benzene rings is 3. The molecule has 43 heavy (non-hydrogen) atoms. The average Bonchev–Trinajstić information content (AvgIpc) is 2.94. The predicted molar refractivity (Wildman–Crippen MR) is 169 cm³/mol. The second-order valence-electron chi connectivity index (χ2n) is 9.94. The van der Waals surface area contributed by atoms with Gasteiger partial charge in [-0.3, -0.25) is 9.52 Å². The first-order valence-corrected chi connectivity index (χ1v) is 15.2. The van der Waals surface area contributed by atoms with Crippen LogP contribution in [0, 0.1) is 0 Å². The average molecular weight is 682 g/mol. The van der Waals surface area contributed by atoms with Gasteiger partial charge in [-0.1, -0.05) is 17.7 Å². The molecule has 7 nitrogen and oxygen atoms in total. The number of carbonyl (C=O) groups is 1. The lowest BCUT2D eigenvalue weighted by molar-refractivity contribution is -0.137. The topological polar surface area (TPSA) is 90.5 Å². The van der Waals surface area contributed by atoms with E-state index in [0.29, 0.717) is 28.5 Å². The molecule has 4 rings (SSSR count). The summed E-state index contributed by atoms with van der Waals surface area (Å²) in [6, 6.07) is 17.5. The van der Waals surface area contributed by atoms with E-state index < -0.39 is 21.8 Å². The Hall–Kier alpha value is -2.70. The van der Waals surface area contributed by atoms with Gasteiger partial charge in [0.2, 0.25) is 0 Å². The van der Waals surface area contributed by atoms with Crippen molar-refractivity contribution in [3.8, 4) is 0 Å². The quantitative estimate of drug-likeness (QED) is 0.188. The van der Waals surface area contributed by atoms with Gasteiger partial charge in [0.25, 0.3) is 15.9 Å². The summed E-state index contributed by atoms with van der Waals surface area (Å²) in [5.74, 6) is -0.237. The number of hydrogen-bond donors (Lipinski definition) is 3. The number of carbonyl (C=O) groups excluding carboxylic acids is 1. The van der Waals surface area contributed by atoms with Crippen LogP contribution < -0.4 is 15.4 Å². The van der Waals surface area contributed by atoms with E-state index in [9.17, 15) is 26.4 Å². The van der Waals surface area contributed by atoms with Crippen LogP contribution in [0.25, 0.3) is 0 Å². The van der Waals surface area contributed by atoms with Crippen LogP contribution >= 0.6 is 36.4 Å². The number of amides is 1. The second-order valence-corrected chi connectivity index (χ2v) is 12.1. The number of unbranched alkanes of at least 4 members (excludes halogenated alkanes) is 1. The minimum atomic E-state index is -4.35. The predicted octanol–water partition coefficient (Wildman–Crippen LogP) is 7.09. The summed E-state index contributed by atoms with van der Waals surface area (Å²) >= 11 is 5.82. The zero-order valence-electron chi connectivity index (χ0n) is 23.1. The van der Waals surface area contributed by atoms with E-state index in [1.165, 1.54) is 42.5 Å². The maximum absolute atomic E-state index is 12.9. The minimum absolute atomic E-state index is 0. The lowest BCUT2D eigenvalue weighted by atomic mass is 10.0. The van der Waals surface area contributed by atoms with Crippen LogP contribution in [0.15, 0.2) is 77.7 Å². The highest BCUT2D eigenvalue weighted by molar-refractivity contribution is 7.92. The molecule has 1 aliphatic rings. The van der Waals surface area contributed by atoms with Crippen molar-refractivity contribution in [3.05, 3.63) is 88.9 Å². The van der Waals surface area contributed by atoms with Crippen LogP contribution in [0.4, 0.5) is 24.5 Å². The first kappa shape index (κ1) is 36.5. The highest BCUT2D eigenvalue weighted by Gasteiger charge is 2.30. The lowest BCUT2D eigenvalue weighted by Crippen LogP contribution is -2.39. The third-order valence-corrected chi connectivity index (χ3v) is 8.51. The van der Waals surface area contributed by atoms with Gasteiger partial charge in [0, 0.05) is 47.6 Å². The highest BCUT2D eigenvalue weighted by Crippen LogP contribution is 2.31. The molecule has 3 aromatic carbocycles. The van der Waals surface area contributed by atoms with E-state index in [-0.39, 0.29) is 41.7 Å². The molecule has 0 aliphatic carbocycles. The van der Waals surface area contributed by atoms with Gasteiger partial charge in [-0.2, -0.15) is 13.2 Å². The Morgan fingerprint density at radius 3 is 2.19 bits per heavy atom. The number of rotatable bonds is 11. The molecule has 236 valence electrons. The van der Waals surface area contributed by atoms with Crippen molar-refractivity contribution in [1.82, 2.24) is 10.2 Å². The van der Waals surface area contributed by atoms with Crippen LogP contribution in [0.3, 0.4) is 0 Å². The Bertz CT molecular complexity index is 1420. The van der Waals surface area contributed by atoms with E-state index in [1.807, 2.05) is 0 Å². The van der Waals surface area contributed by atoms with Crippen molar-refractivity contribution in [1.29, 1.82) is 0 Å². The number of piperidine rings is 1. The molecule has 14 heteroatoms. The largest absolute Gasteiger partial charge is 0.416 e. The number of likely N-dealkylation sites (tertiary alicyclic amines) is 1. The van der Waals surface area contributed by atoms with Crippen molar-refractivity contribution in [2.75, 3.05) is 36.2 Å². The molecule has 0 spiro atoms. The Morgan fingerprint density at radius 1 is 0.907 bits per heavy atom. The number of nitrogens with zero attached hydrogens (tertiary/aromatic N) is 1. The summed E-state index contributed by atoms with van der Waals surface area (Å²) in [5.41, 5.74) is 0.602. The Balaban J connectivity index is 0.00000323. The van der Waals surface area contributed by atoms with Crippen molar-refractivity contribution in [2.24, 2.45) is 0 Å². The van der Waals surface area contributed by atoms with Crippen LogP contribution in [0.1, 0.15) is 41.6 Å². The third-order valence-electron chi connectivity index (χ3n) is 6.86. The molecule has 0 unspecified atom stereocenters. The molecule has 3 aromatic rings. The van der Waals surface area contributed by atoms with Crippen molar-refractivity contribution >= 4 is 63.7 Å². The van der Waals surface area contributed by atoms with Gasteiger partial charge >= 0.3 is 6.18 Å². The lowest BCUT2D eigenvalue weighted by Gasteiger charge is -2.33. The summed E-state index contributed by atoms with van der Waals surface area (Å²) in [5, 5.41) is 6.55. The SMILES string of the molecule is Cl.Cl.O=C(NCCCCN1CCC(Nc2cccc(C(F)(F)F)c2)CC1)c1ccc(NS(=O)(=O)c2ccc(Cl)cc2)cc1. The fourth-order valence-electron chi connectivity index (χ4n) is 4.60. The first-order chi connectivity index (χ1) is 19.5. The zero-order valence-corrected chi connectivity index (χ0v) is 26.3. The molecular formula is C29H34Cl3F3N4O3S. The minimum Gasteiger partial charge on any atom is -0.382 e. The maximum atomic E-state index is 12.9. The first-order valence-electron chi connectivity index (χ1n) is 13.3. The number of anilines is 2. The maximum Gasteiger partial charge on any atom is 0.416 e. The monoisotopic (exact) mass is 680 g/mol. The van der Waals surface area contributed by atoms with Crippen LogP contribution in [-0.2, 0) is 16.2 Å². The van der Waals surface area contributed by atoms with Crippen LogP contribution in [-0.4, -0.2) is 51.4 Å². The Labute approximate surface area is 267 Å². The second kappa shape index (κ2) is 16.4. The van der Waals surface area contributed by atoms with Crippen LogP contribution in [0.2, 0.25) is 5.02 Å². The summed E-state index contributed by atoms with van der Waals surface area (Å²) in [4.78, 5) is 14.9. The summed E-state index contributed by atoms with van der Waals surface area (Å²) in [6.07, 6.45) is -0.963. The van der Waals surface area contributed by atoms with Crippen LogP contribution in [0.5, 0.6) is 0 Å². The fourth-order valence-corrected chi connectivity index (χ4v) is 5.79.